The molecule has 0 spiro atoms. The number of anilines is 1. The zero-order valence-corrected chi connectivity index (χ0v) is 21.4. The summed E-state index contributed by atoms with van der Waals surface area (Å²) in [6.45, 7) is 5.92. The number of aryl methyl sites for hydroxylation is 2. The first kappa shape index (κ1) is 24.1. The van der Waals surface area contributed by atoms with Crippen LogP contribution in [-0.2, 0) is 0 Å². The Bertz CT molecular complexity index is 1470. The number of carbonyl (C=O) groups is 1. The summed E-state index contributed by atoms with van der Waals surface area (Å²) in [4.78, 5) is 19.9. The molecule has 0 bridgehead atoms. The highest BCUT2D eigenvalue weighted by atomic mass is 16.5. The molecular weight excluding hydrogens is 468 g/mol. The van der Waals surface area contributed by atoms with Crippen LogP contribution in [0.15, 0.2) is 77.0 Å². The lowest BCUT2D eigenvalue weighted by atomic mass is 9.94. The molecule has 0 aliphatic carbocycles. The number of carbonyl (C=O) groups excluding carboxylic acids is 1. The molecule has 8 nitrogen and oxygen atoms in total. The number of urea groups is 1. The van der Waals surface area contributed by atoms with Gasteiger partial charge < -0.3 is 19.3 Å². The van der Waals surface area contributed by atoms with Crippen molar-refractivity contribution >= 4 is 17.3 Å². The zero-order valence-electron chi connectivity index (χ0n) is 21.4. The van der Waals surface area contributed by atoms with Crippen molar-refractivity contribution in [2.45, 2.75) is 26.8 Å². The Morgan fingerprint density at radius 3 is 2.27 bits per heavy atom. The lowest BCUT2D eigenvalue weighted by Gasteiger charge is -2.35. The largest absolute Gasteiger partial charge is 0.497 e. The smallest absolute Gasteiger partial charge is 0.326 e. The predicted molar refractivity (Wildman–Crippen MR) is 142 cm³/mol. The molecule has 0 radical (unpaired) electrons. The molecule has 1 atom stereocenters. The van der Waals surface area contributed by atoms with E-state index in [-0.39, 0.29) is 6.03 Å². The second kappa shape index (κ2) is 9.81. The second-order valence-electron chi connectivity index (χ2n) is 8.99. The Morgan fingerprint density at radius 2 is 1.59 bits per heavy atom. The van der Waals surface area contributed by atoms with Crippen molar-refractivity contribution in [1.29, 1.82) is 0 Å². The molecule has 5 rings (SSSR count). The number of hydrogen-bond acceptors (Lipinski definition) is 6. The molecule has 1 aliphatic heterocycles. The number of allylic oxidation sites excluding steroid dienone is 1. The molecule has 0 saturated carbocycles. The third-order valence-electron chi connectivity index (χ3n) is 6.38. The van der Waals surface area contributed by atoms with Crippen LogP contribution in [0, 0.1) is 13.8 Å². The Labute approximate surface area is 215 Å². The number of ether oxygens (including phenoxy) is 2. The van der Waals surface area contributed by atoms with Crippen LogP contribution in [0.3, 0.4) is 0 Å². The van der Waals surface area contributed by atoms with Gasteiger partial charge in [-0.15, -0.1) is 0 Å². The lowest BCUT2D eigenvalue weighted by molar-refractivity contribution is 0.244. The average Bonchev–Trinajstić information content (AvgIpc) is 3.37. The van der Waals surface area contributed by atoms with Crippen LogP contribution >= 0.6 is 0 Å². The van der Waals surface area contributed by atoms with E-state index in [2.05, 4.69) is 16.5 Å². The fraction of sp³-hybridized carbons (Fsp3) is 0.207. The van der Waals surface area contributed by atoms with Crippen molar-refractivity contribution in [2.24, 2.45) is 0 Å². The highest BCUT2D eigenvalue weighted by molar-refractivity contribution is 6.01. The number of hydrogen-bond donors (Lipinski definition) is 1. The van der Waals surface area contributed by atoms with Crippen LogP contribution in [0.5, 0.6) is 11.5 Å². The van der Waals surface area contributed by atoms with Gasteiger partial charge in [0.1, 0.15) is 11.5 Å². The van der Waals surface area contributed by atoms with Crippen LogP contribution in [0.2, 0.25) is 0 Å². The number of methoxy groups -OCH3 is 2. The highest BCUT2D eigenvalue weighted by Gasteiger charge is 2.36. The van der Waals surface area contributed by atoms with Crippen LogP contribution < -0.4 is 19.7 Å². The van der Waals surface area contributed by atoms with Crippen LogP contribution in [0.25, 0.3) is 17.0 Å². The zero-order chi connectivity index (χ0) is 26.1. The maximum absolute atomic E-state index is 13.5. The summed E-state index contributed by atoms with van der Waals surface area (Å²) in [6.07, 6.45) is 0. The van der Waals surface area contributed by atoms with Gasteiger partial charge in [-0.3, -0.25) is 4.90 Å². The standard InChI is InChI=1S/C29H28N4O4/c1-17-13-18(2)15-22(14-17)33-19(3)25(26(30-29(33)34)21-7-6-8-24(16-21)36-5)28-31-27(32-37-28)20-9-11-23(35-4)12-10-20/h6-16,26H,1-5H3,(H,30,34). The van der Waals surface area contributed by atoms with E-state index in [1.165, 1.54) is 0 Å². The van der Waals surface area contributed by atoms with Gasteiger partial charge in [0.05, 0.1) is 31.5 Å². The first-order valence-electron chi connectivity index (χ1n) is 11.9. The van der Waals surface area contributed by atoms with E-state index in [0.29, 0.717) is 28.7 Å². The molecule has 4 aromatic rings. The van der Waals surface area contributed by atoms with Gasteiger partial charge in [0, 0.05) is 11.3 Å². The molecule has 8 heteroatoms. The molecule has 37 heavy (non-hydrogen) atoms. The van der Waals surface area contributed by atoms with E-state index in [0.717, 1.165) is 33.7 Å². The van der Waals surface area contributed by atoms with Crippen LogP contribution in [-0.4, -0.2) is 30.4 Å². The highest BCUT2D eigenvalue weighted by Crippen LogP contribution is 2.40. The quantitative estimate of drug-likeness (QED) is 0.348. The first-order chi connectivity index (χ1) is 17.9. The summed E-state index contributed by atoms with van der Waals surface area (Å²) >= 11 is 0. The Balaban J connectivity index is 1.65. The maximum Gasteiger partial charge on any atom is 0.326 e. The normalized spacial score (nSPS) is 15.5. The minimum absolute atomic E-state index is 0.242. The monoisotopic (exact) mass is 496 g/mol. The molecule has 3 aromatic carbocycles. The van der Waals surface area contributed by atoms with Gasteiger partial charge >= 0.3 is 6.03 Å². The fourth-order valence-electron chi connectivity index (χ4n) is 4.67. The van der Waals surface area contributed by atoms with Crippen LogP contribution in [0.1, 0.15) is 35.5 Å². The number of nitrogens with zero attached hydrogens (tertiary/aromatic N) is 3. The number of benzene rings is 3. The van der Waals surface area contributed by atoms with E-state index < -0.39 is 6.04 Å². The van der Waals surface area contributed by atoms with Crippen molar-refractivity contribution in [3.63, 3.8) is 0 Å². The summed E-state index contributed by atoms with van der Waals surface area (Å²) in [7, 11) is 3.23. The molecule has 1 unspecified atom stereocenters. The third kappa shape index (κ3) is 4.65. The Kier molecular flexibility index (Phi) is 6.40. The summed E-state index contributed by atoms with van der Waals surface area (Å²) < 4.78 is 16.5. The van der Waals surface area contributed by atoms with Gasteiger partial charge in [0.25, 0.3) is 5.89 Å². The molecule has 0 saturated heterocycles. The summed E-state index contributed by atoms with van der Waals surface area (Å²) in [6, 6.07) is 20.3. The van der Waals surface area contributed by atoms with Crippen molar-refractivity contribution in [3.8, 4) is 22.9 Å². The molecule has 2 heterocycles. The van der Waals surface area contributed by atoms with E-state index in [4.69, 9.17) is 19.0 Å². The number of amides is 2. The molecule has 1 N–H and O–H groups in total. The van der Waals surface area contributed by atoms with Gasteiger partial charge in [-0.1, -0.05) is 23.4 Å². The number of nitrogens with one attached hydrogen (secondary N) is 1. The Morgan fingerprint density at radius 1 is 0.892 bits per heavy atom. The predicted octanol–water partition coefficient (Wildman–Crippen LogP) is 6.07. The molecule has 2 amide bonds. The maximum atomic E-state index is 13.5. The van der Waals surface area contributed by atoms with E-state index in [1.54, 1.807) is 19.1 Å². The second-order valence-corrected chi connectivity index (χ2v) is 8.99. The van der Waals surface area contributed by atoms with E-state index in [1.807, 2.05) is 81.4 Å². The van der Waals surface area contributed by atoms with Gasteiger partial charge in [-0.05, 0) is 86.0 Å². The minimum atomic E-state index is -0.520. The first-order valence-corrected chi connectivity index (χ1v) is 11.9. The molecular formula is C29H28N4O4. The van der Waals surface area contributed by atoms with E-state index in [9.17, 15) is 4.79 Å². The average molecular weight is 497 g/mol. The molecule has 0 fully saturated rings. The van der Waals surface area contributed by atoms with Crippen molar-refractivity contribution in [2.75, 3.05) is 19.1 Å². The molecule has 188 valence electrons. The minimum Gasteiger partial charge on any atom is -0.497 e. The lowest BCUT2D eigenvalue weighted by Crippen LogP contribution is -2.46. The van der Waals surface area contributed by atoms with Gasteiger partial charge in [-0.25, -0.2) is 4.79 Å². The van der Waals surface area contributed by atoms with Gasteiger partial charge in [0.15, 0.2) is 0 Å². The van der Waals surface area contributed by atoms with Gasteiger partial charge in [-0.2, -0.15) is 4.98 Å². The fourth-order valence-corrected chi connectivity index (χ4v) is 4.67. The SMILES string of the molecule is COc1ccc(-c2noc(C3=C(C)N(c4cc(C)cc(C)c4)C(=O)NC3c3cccc(OC)c3)n2)cc1. The topological polar surface area (TPSA) is 89.7 Å². The molecule has 1 aliphatic rings. The van der Waals surface area contributed by atoms with Crippen molar-refractivity contribution < 1.29 is 18.8 Å². The summed E-state index contributed by atoms with van der Waals surface area (Å²) in [5, 5.41) is 7.39. The number of aromatic nitrogens is 2. The number of rotatable bonds is 6. The summed E-state index contributed by atoms with van der Waals surface area (Å²) in [5.74, 6) is 2.19. The summed E-state index contributed by atoms with van der Waals surface area (Å²) in [5.41, 5.74) is 5.93. The third-order valence-corrected chi connectivity index (χ3v) is 6.38. The Hall–Kier alpha value is -4.59. The van der Waals surface area contributed by atoms with E-state index >= 15 is 0 Å². The molecule has 1 aromatic heterocycles. The van der Waals surface area contributed by atoms with Crippen molar-refractivity contribution in [1.82, 2.24) is 15.5 Å². The van der Waals surface area contributed by atoms with Crippen LogP contribution in [0.4, 0.5) is 10.5 Å². The van der Waals surface area contributed by atoms with Gasteiger partial charge in [0.2, 0.25) is 5.82 Å². The van der Waals surface area contributed by atoms with Crippen molar-refractivity contribution in [3.05, 3.63) is 95.0 Å².